The van der Waals surface area contributed by atoms with Gasteiger partial charge in [0.25, 0.3) is 0 Å². The predicted molar refractivity (Wildman–Crippen MR) is 66.0 cm³/mol. The molecule has 0 aromatic rings. The van der Waals surface area contributed by atoms with Crippen molar-refractivity contribution in [2.75, 3.05) is 33.2 Å². The van der Waals surface area contributed by atoms with Crippen LogP contribution in [-0.2, 0) is 0 Å². The van der Waals surface area contributed by atoms with Crippen LogP contribution in [0.15, 0.2) is 0 Å². The topological polar surface area (TPSA) is 32.5 Å². The highest BCUT2D eigenvalue weighted by Gasteiger charge is 2.25. The van der Waals surface area contributed by atoms with E-state index in [9.17, 15) is 0 Å². The summed E-state index contributed by atoms with van der Waals surface area (Å²) in [6.45, 7) is 9.23. The smallest absolute Gasteiger partial charge is 0.0245 e. The normalized spacial score (nSPS) is 24.0. The Labute approximate surface area is 94.6 Å². The van der Waals surface area contributed by atoms with E-state index in [1.165, 1.54) is 39.0 Å². The van der Waals surface area contributed by atoms with Crippen LogP contribution in [-0.4, -0.2) is 55.1 Å². The second kappa shape index (κ2) is 6.46. The van der Waals surface area contributed by atoms with E-state index >= 15 is 0 Å². The minimum Gasteiger partial charge on any atom is -0.326 e. The van der Waals surface area contributed by atoms with Crippen molar-refractivity contribution < 1.29 is 0 Å². The number of piperazine rings is 1. The third kappa shape index (κ3) is 3.74. The van der Waals surface area contributed by atoms with Crippen LogP contribution in [0.2, 0.25) is 0 Å². The van der Waals surface area contributed by atoms with Gasteiger partial charge in [0.15, 0.2) is 0 Å². The Morgan fingerprint density at radius 3 is 2.20 bits per heavy atom. The Hall–Kier alpha value is -0.120. The number of likely N-dealkylation sites (N-methyl/N-ethyl adjacent to an activating group) is 1. The number of rotatable bonds is 5. The molecule has 0 amide bonds. The van der Waals surface area contributed by atoms with Crippen LogP contribution in [0.3, 0.4) is 0 Å². The van der Waals surface area contributed by atoms with Gasteiger partial charge in [0.1, 0.15) is 0 Å². The summed E-state index contributed by atoms with van der Waals surface area (Å²) in [5.41, 5.74) is 6.25. The molecule has 15 heavy (non-hydrogen) atoms. The maximum absolute atomic E-state index is 6.25. The minimum absolute atomic E-state index is 0.364. The minimum atomic E-state index is 0.364. The Bertz CT molecular complexity index is 164. The highest BCUT2D eigenvalue weighted by Crippen LogP contribution is 2.13. The van der Waals surface area contributed by atoms with Gasteiger partial charge < -0.3 is 10.6 Å². The van der Waals surface area contributed by atoms with Crippen LogP contribution < -0.4 is 5.73 Å². The maximum atomic E-state index is 6.25. The molecule has 0 aromatic heterocycles. The van der Waals surface area contributed by atoms with Crippen LogP contribution in [0.5, 0.6) is 0 Å². The maximum Gasteiger partial charge on any atom is 0.0245 e. The Kier molecular flexibility index (Phi) is 5.58. The molecule has 2 unspecified atom stereocenters. The lowest BCUT2D eigenvalue weighted by Gasteiger charge is -2.40. The van der Waals surface area contributed by atoms with Crippen LogP contribution in [0.1, 0.15) is 33.1 Å². The van der Waals surface area contributed by atoms with Crippen molar-refractivity contribution in [3.8, 4) is 0 Å². The highest BCUT2D eigenvalue weighted by atomic mass is 15.3. The summed E-state index contributed by atoms with van der Waals surface area (Å²) < 4.78 is 0. The molecule has 0 radical (unpaired) electrons. The van der Waals surface area contributed by atoms with Crippen molar-refractivity contribution in [1.29, 1.82) is 0 Å². The molecule has 1 saturated heterocycles. The Balaban J connectivity index is 2.43. The molecular formula is C12H27N3. The summed E-state index contributed by atoms with van der Waals surface area (Å²) in [6, 6.07) is 0.960. The summed E-state index contributed by atoms with van der Waals surface area (Å²) >= 11 is 0. The van der Waals surface area contributed by atoms with E-state index in [0.717, 1.165) is 6.42 Å². The molecule has 2 N–H and O–H groups in total. The number of nitrogens with zero attached hydrogens (tertiary/aromatic N) is 2. The van der Waals surface area contributed by atoms with E-state index in [1.54, 1.807) is 0 Å². The van der Waals surface area contributed by atoms with E-state index in [4.69, 9.17) is 5.73 Å². The molecule has 1 rings (SSSR count). The molecule has 90 valence electrons. The van der Waals surface area contributed by atoms with Crippen LogP contribution in [0, 0.1) is 0 Å². The lowest BCUT2D eigenvalue weighted by atomic mass is 9.99. The van der Waals surface area contributed by atoms with Crippen molar-refractivity contribution in [2.24, 2.45) is 5.73 Å². The van der Waals surface area contributed by atoms with Gasteiger partial charge in [-0.05, 0) is 19.9 Å². The first-order valence-electron chi connectivity index (χ1n) is 6.37. The molecule has 1 aliphatic heterocycles. The van der Waals surface area contributed by atoms with Gasteiger partial charge in [0.2, 0.25) is 0 Å². The fourth-order valence-corrected chi connectivity index (χ4v) is 2.51. The number of nitrogens with two attached hydrogens (primary N) is 1. The summed E-state index contributed by atoms with van der Waals surface area (Å²) in [5, 5.41) is 0. The SMILES string of the molecule is CCCC(N)C(CC)N1CCN(C)CC1. The molecule has 3 heteroatoms. The summed E-state index contributed by atoms with van der Waals surface area (Å²) in [6.07, 6.45) is 3.54. The molecule has 2 atom stereocenters. The van der Waals surface area contributed by atoms with E-state index in [-0.39, 0.29) is 0 Å². The summed E-state index contributed by atoms with van der Waals surface area (Å²) in [5.74, 6) is 0. The predicted octanol–water partition coefficient (Wildman–Crippen LogP) is 1.14. The second-order valence-corrected chi connectivity index (χ2v) is 4.77. The molecule has 0 aromatic carbocycles. The van der Waals surface area contributed by atoms with Gasteiger partial charge in [0.05, 0.1) is 0 Å². The lowest BCUT2D eigenvalue weighted by Crippen LogP contribution is -2.54. The van der Waals surface area contributed by atoms with Gasteiger partial charge in [-0.3, -0.25) is 4.90 Å². The van der Waals surface area contributed by atoms with Gasteiger partial charge in [-0.2, -0.15) is 0 Å². The highest BCUT2D eigenvalue weighted by molar-refractivity contribution is 4.83. The van der Waals surface area contributed by atoms with Gasteiger partial charge in [-0.15, -0.1) is 0 Å². The van der Waals surface area contributed by atoms with Gasteiger partial charge in [-0.25, -0.2) is 0 Å². The average Bonchev–Trinajstić information content (AvgIpc) is 2.22. The molecule has 3 nitrogen and oxygen atoms in total. The van der Waals surface area contributed by atoms with Gasteiger partial charge in [0, 0.05) is 38.3 Å². The van der Waals surface area contributed by atoms with Crippen molar-refractivity contribution in [3.63, 3.8) is 0 Å². The molecule has 0 saturated carbocycles. The molecule has 0 aliphatic carbocycles. The van der Waals surface area contributed by atoms with Gasteiger partial charge >= 0.3 is 0 Å². The zero-order chi connectivity index (χ0) is 11.3. The van der Waals surface area contributed by atoms with E-state index in [1.807, 2.05) is 0 Å². The number of hydrogen-bond acceptors (Lipinski definition) is 3. The van der Waals surface area contributed by atoms with Crippen molar-refractivity contribution >= 4 is 0 Å². The fraction of sp³-hybridized carbons (Fsp3) is 1.00. The average molecular weight is 213 g/mol. The van der Waals surface area contributed by atoms with E-state index < -0.39 is 0 Å². The molecular weight excluding hydrogens is 186 g/mol. The fourth-order valence-electron chi connectivity index (χ4n) is 2.51. The largest absolute Gasteiger partial charge is 0.326 e. The third-order valence-corrected chi connectivity index (χ3v) is 3.54. The molecule has 0 bridgehead atoms. The second-order valence-electron chi connectivity index (χ2n) is 4.77. The molecule has 1 heterocycles. The van der Waals surface area contributed by atoms with Gasteiger partial charge in [-0.1, -0.05) is 20.3 Å². The first kappa shape index (κ1) is 12.9. The quantitative estimate of drug-likeness (QED) is 0.743. The van der Waals surface area contributed by atoms with Crippen LogP contribution in [0.25, 0.3) is 0 Å². The lowest BCUT2D eigenvalue weighted by molar-refractivity contribution is 0.0938. The van der Waals surface area contributed by atoms with E-state index in [2.05, 4.69) is 30.7 Å². The van der Waals surface area contributed by atoms with Crippen molar-refractivity contribution in [3.05, 3.63) is 0 Å². The Morgan fingerprint density at radius 2 is 1.73 bits per heavy atom. The van der Waals surface area contributed by atoms with E-state index in [0.29, 0.717) is 12.1 Å². The number of hydrogen-bond donors (Lipinski definition) is 1. The molecule has 1 aliphatic rings. The summed E-state index contributed by atoms with van der Waals surface area (Å²) in [7, 11) is 2.20. The van der Waals surface area contributed by atoms with Crippen LogP contribution >= 0.6 is 0 Å². The zero-order valence-corrected chi connectivity index (χ0v) is 10.6. The zero-order valence-electron chi connectivity index (χ0n) is 10.6. The molecule has 1 fully saturated rings. The van der Waals surface area contributed by atoms with Crippen molar-refractivity contribution in [2.45, 2.75) is 45.2 Å². The summed E-state index contributed by atoms with van der Waals surface area (Å²) in [4.78, 5) is 4.98. The first-order chi connectivity index (χ1) is 7.19. The third-order valence-electron chi connectivity index (χ3n) is 3.54. The monoisotopic (exact) mass is 213 g/mol. The Morgan fingerprint density at radius 1 is 1.13 bits per heavy atom. The van der Waals surface area contributed by atoms with Crippen molar-refractivity contribution in [1.82, 2.24) is 9.80 Å². The molecule has 0 spiro atoms. The first-order valence-corrected chi connectivity index (χ1v) is 6.37. The standard InChI is InChI=1S/C12H27N3/c1-4-6-11(13)12(5-2)15-9-7-14(3)8-10-15/h11-12H,4-10,13H2,1-3H3. The van der Waals surface area contributed by atoms with Crippen LogP contribution in [0.4, 0.5) is 0 Å².